The predicted molar refractivity (Wildman–Crippen MR) is 148 cm³/mol. The molecule has 2 heterocycles. The van der Waals surface area contributed by atoms with Crippen LogP contribution >= 0.6 is 0 Å². The second kappa shape index (κ2) is 10.6. The quantitative estimate of drug-likeness (QED) is 0.270. The van der Waals surface area contributed by atoms with Gasteiger partial charge in [-0.05, 0) is 81.6 Å². The van der Waals surface area contributed by atoms with Crippen LogP contribution in [0.5, 0.6) is 0 Å². The van der Waals surface area contributed by atoms with Crippen LogP contribution < -0.4 is 0 Å². The maximum atomic E-state index is 13.1. The third-order valence-electron chi connectivity index (χ3n) is 12.4. The molecule has 4 saturated carbocycles. The molecule has 4 aliphatic carbocycles. The van der Waals surface area contributed by atoms with Crippen molar-refractivity contribution in [1.82, 2.24) is 0 Å². The molecule has 6 rings (SSSR count). The summed E-state index contributed by atoms with van der Waals surface area (Å²) in [6, 6.07) is 0. The van der Waals surface area contributed by atoms with Crippen LogP contribution in [0.25, 0.3) is 0 Å². The Hall–Kier alpha value is -1.85. The minimum absolute atomic E-state index is 0.0706. The molecule has 6 aliphatic rings. The third-order valence-corrected chi connectivity index (χ3v) is 12.4. The van der Waals surface area contributed by atoms with E-state index in [9.17, 15) is 24.6 Å². The molecule has 0 aromatic rings. The van der Waals surface area contributed by atoms with Gasteiger partial charge in [-0.1, -0.05) is 6.92 Å². The Balaban J connectivity index is 1.18. The smallest absolute Gasteiger partial charge is 0.331 e. The summed E-state index contributed by atoms with van der Waals surface area (Å²) in [6.45, 7) is 5.63. The Kier molecular flexibility index (Phi) is 7.65. The Bertz CT molecular complexity index is 1140. The number of hydrogen-bond donors (Lipinski definition) is 2. The molecule has 10 heteroatoms. The number of rotatable bonds is 6. The molecule has 2 N–H and O–H groups in total. The van der Waals surface area contributed by atoms with Crippen molar-refractivity contribution in [3.8, 4) is 0 Å². The second-order valence-corrected chi connectivity index (χ2v) is 14.1. The van der Waals surface area contributed by atoms with Crippen molar-refractivity contribution >= 4 is 18.2 Å². The number of hydrogen-bond acceptors (Lipinski definition) is 10. The van der Waals surface area contributed by atoms with Crippen LogP contribution in [0.1, 0.15) is 85.0 Å². The first-order valence-electron chi connectivity index (χ1n) is 15.7. The minimum atomic E-state index is -1.24. The van der Waals surface area contributed by atoms with Gasteiger partial charge in [0.25, 0.3) is 0 Å². The number of carbonyl (C=O) groups excluding carboxylic acids is 3. The van der Waals surface area contributed by atoms with E-state index < -0.39 is 46.5 Å². The van der Waals surface area contributed by atoms with Crippen LogP contribution in [0.4, 0.5) is 0 Å². The molecule has 1 saturated heterocycles. The molecule has 0 bridgehead atoms. The Morgan fingerprint density at radius 3 is 2.52 bits per heavy atom. The lowest BCUT2D eigenvalue weighted by atomic mass is 9.41. The number of ether oxygens (including phenoxy) is 5. The molecule has 0 aromatic carbocycles. The number of aliphatic hydroxyl groups is 2. The van der Waals surface area contributed by atoms with Crippen molar-refractivity contribution in [2.45, 2.75) is 127 Å². The lowest BCUT2D eigenvalue weighted by Gasteiger charge is -2.65. The summed E-state index contributed by atoms with van der Waals surface area (Å²) in [5.41, 5.74) is -2.60. The summed E-state index contributed by atoms with van der Waals surface area (Å²) >= 11 is 0. The first-order valence-corrected chi connectivity index (χ1v) is 15.7. The highest BCUT2D eigenvalue weighted by Crippen LogP contribution is 2.70. The average molecular weight is 591 g/mol. The summed E-state index contributed by atoms with van der Waals surface area (Å²) in [5, 5.41) is 24.7. The van der Waals surface area contributed by atoms with Crippen molar-refractivity contribution in [3.63, 3.8) is 0 Å². The maximum absolute atomic E-state index is 13.1. The van der Waals surface area contributed by atoms with E-state index in [2.05, 4.69) is 6.92 Å². The van der Waals surface area contributed by atoms with Crippen LogP contribution in [0.2, 0.25) is 0 Å². The van der Waals surface area contributed by atoms with Gasteiger partial charge >= 0.3 is 11.9 Å². The molecule has 5 fully saturated rings. The number of cyclic esters (lactones) is 1. The van der Waals surface area contributed by atoms with Crippen molar-refractivity contribution in [2.24, 2.45) is 28.6 Å². The number of aldehydes is 1. The highest BCUT2D eigenvalue weighted by molar-refractivity contribution is 5.85. The molecule has 234 valence electrons. The van der Waals surface area contributed by atoms with Gasteiger partial charge in [0, 0.05) is 38.4 Å². The van der Waals surface area contributed by atoms with Crippen LogP contribution in [-0.2, 0) is 38.1 Å². The summed E-state index contributed by atoms with van der Waals surface area (Å²) in [4.78, 5) is 36.5. The fraction of sp³-hybridized carbons (Fsp3) is 0.844. The van der Waals surface area contributed by atoms with Crippen molar-refractivity contribution in [1.29, 1.82) is 0 Å². The molecule has 12 atom stereocenters. The molecular formula is C32H46O10. The Labute approximate surface area is 247 Å². The molecule has 0 unspecified atom stereocenters. The largest absolute Gasteiger partial charge is 0.458 e. The van der Waals surface area contributed by atoms with Gasteiger partial charge in [-0.2, -0.15) is 0 Å². The van der Waals surface area contributed by atoms with Crippen molar-refractivity contribution < 1.29 is 48.3 Å². The molecule has 2 aliphatic heterocycles. The van der Waals surface area contributed by atoms with E-state index in [-0.39, 0.29) is 35.9 Å². The standard InChI is InChI=1S/C32H46O10/c1-18-28(41-19(2)34)25(38-4)14-27(40-18)42-21-5-10-30(17-33)23-6-9-29(3)22(20-13-26(35)39-16-20)8-12-32(29,37)24(23)7-11-31(30,36)15-21/h13,17-18,21-25,27-28,36-37H,5-12,14-16H2,1-4H3/t18-,21-,22-,23+,24-,25-,27+,28+,29-,30+,31+,32-/m1/s1. The Morgan fingerprint density at radius 1 is 1.10 bits per heavy atom. The van der Waals surface area contributed by atoms with Gasteiger partial charge in [0.2, 0.25) is 0 Å². The van der Waals surface area contributed by atoms with E-state index in [1.54, 1.807) is 13.2 Å². The first kappa shape index (κ1) is 30.2. The normalized spacial score (nSPS) is 50.1. The van der Waals surface area contributed by atoms with Crippen molar-refractivity contribution in [2.75, 3.05) is 13.7 Å². The summed E-state index contributed by atoms with van der Waals surface area (Å²) in [6.07, 6.45) is 6.06. The zero-order valence-corrected chi connectivity index (χ0v) is 25.2. The number of methoxy groups -OCH3 is 1. The van der Waals surface area contributed by atoms with Gasteiger partial charge in [-0.3, -0.25) is 4.79 Å². The zero-order chi connectivity index (χ0) is 30.1. The van der Waals surface area contributed by atoms with Crippen LogP contribution in [0, 0.1) is 28.6 Å². The number of fused-ring (bicyclic) bond motifs is 5. The van der Waals surface area contributed by atoms with Crippen LogP contribution in [0.3, 0.4) is 0 Å². The van der Waals surface area contributed by atoms with Crippen LogP contribution in [0.15, 0.2) is 11.6 Å². The van der Waals surface area contributed by atoms with E-state index in [0.29, 0.717) is 51.6 Å². The van der Waals surface area contributed by atoms with Gasteiger partial charge in [0.05, 0.1) is 28.8 Å². The van der Waals surface area contributed by atoms with Gasteiger partial charge < -0.3 is 38.7 Å². The average Bonchev–Trinajstić information content (AvgIpc) is 3.48. The number of carbonyl (C=O) groups is 3. The summed E-state index contributed by atoms with van der Waals surface area (Å²) < 4.78 is 28.7. The maximum Gasteiger partial charge on any atom is 0.331 e. The molecule has 0 spiro atoms. The lowest BCUT2D eigenvalue weighted by Crippen LogP contribution is -2.69. The van der Waals surface area contributed by atoms with Gasteiger partial charge in [0.1, 0.15) is 19.0 Å². The number of esters is 2. The second-order valence-electron chi connectivity index (χ2n) is 14.1. The molecule has 10 nitrogen and oxygen atoms in total. The van der Waals surface area contributed by atoms with E-state index in [1.807, 2.05) is 6.92 Å². The third kappa shape index (κ3) is 4.42. The van der Waals surface area contributed by atoms with Gasteiger partial charge in [-0.25, -0.2) is 4.79 Å². The summed E-state index contributed by atoms with van der Waals surface area (Å²) in [5.74, 6) is -0.871. The van der Waals surface area contributed by atoms with E-state index in [0.717, 1.165) is 31.1 Å². The van der Waals surface area contributed by atoms with Gasteiger partial charge in [-0.15, -0.1) is 0 Å². The molecule has 0 aromatic heterocycles. The Morgan fingerprint density at radius 2 is 1.86 bits per heavy atom. The van der Waals surface area contributed by atoms with Gasteiger partial charge in [0.15, 0.2) is 12.4 Å². The lowest BCUT2D eigenvalue weighted by molar-refractivity contribution is -0.289. The molecule has 42 heavy (non-hydrogen) atoms. The fourth-order valence-corrected chi connectivity index (χ4v) is 10.3. The first-order chi connectivity index (χ1) is 19.9. The topological polar surface area (TPSA) is 138 Å². The summed E-state index contributed by atoms with van der Waals surface area (Å²) in [7, 11) is 1.57. The zero-order valence-electron chi connectivity index (χ0n) is 25.2. The molecular weight excluding hydrogens is 544 g/mol. The highest BCUT2D eigenvalue weighted by Gasteiger charge is 2.71. The monoisotopic (exact) mass is 590 g/mol. The van der Waals surface area contributed by atoms with E-state index >= 15 is 0 Å². The SMILES string of the molecule is CO[C@@H]1C[C@H](O[C@@H]2CC[C@]3(C=O)[C@H]4CC[C@]5(C)[C@@H](C6=CC(=O)OC6)CC[C@@]5(O)[C@@H]4CC[C@]3(O)C2)O[C@H](C)[C@@H]1OC(C)=O. The van der Waals surface area contributed by atoms with Crippen molar-refractivity contribution in [3.05, 3.63) is 11.6 Å². The molecule has 0 amide bonds. The van der Waals surface area contributed by atoms with Crippen LogP contribution in [-0.4, -0.2) is 84.1 Å². The molecule has 0 radical (unpaired) electrons. The van der Waals surface area contributed by atoms with E-state index in [4.69, 9.17) is 23.7 Å². The predicted octanol–water partition coefficient (Wildman–Crippen LogP) is 3.00. The fourth-order valence-electron chi connectivity index (χ4n) is 10.3. The minimum Gasteiger partial charge on any atom is -0.458 e. The highest BCUT2D eigenvalue weighted by atomic mass is 16.7. The van der Waals surface area contributed by atoms with E-state index in [1.165, 1.54) is 6.92 Å².